The first kappa shape index (κ1) is 21.7. The zero-order chi connectivity index (χ0) is 23.8. The lowest BCUT2D eigenvalue weighted by molar-refractivity contribution is -0.142. The van der Waals surface area contributed by atoms with Crippen molar-refractivity contribution < 1.29 is 14.4 Å². The summed E-state index contributed by atoms with van der Waals surface area (Å²) in [7, 11) is 0. The molecule has 8 heteroatoms. The molecule has 0 unspecified atom stereocenters. The third-order valence-corrected chi connectivity index (χ3v) is 8.61. The zero-order valence-electron chi connectivity index (χ0n) is 17.6. The third kappa shape index (κ3) is 2.66. The van der Waals surface area contributed by atoms with Crippen molar-refractivity contribution in [1.29, 1.82) is 0 Å². The number of benzene rings is 3. The predicted molar refractivity (Wildman–Crippen MR) is 130 cm³/mol. The van der Waals surface area contributed by atoms with Crippen LogP contribution in [0.2, 0.25) is 5.02 Å². The Balaban J connectivity index is 1.43. The number of rotatable bonds is 3. The van der Waals surface area contributed by atoms with Crippen molar-refractivity contribution in [3.8, 4) is 0 Å². The molecule has 0 aromatic heterocycles. The van der Waals surface area contributed by atoms with Crippen molar-refractivity contribution in [2.75, 3.05) is 11.9 Å². The molecule has 0 spiro atoms. The van der Waals surface area contributed by atoms with E-state index in [1.807, 2.05) is 48.5 Å². The van der Waals surface area contributed by atoms with Crippen molar-refractivity contribution in [3.63, 3.8) is 0 Å². The Bertz CT molecular complexity index is 1280. The van der Waals surface area contributed by atoms with Crippen molar-refractivity contribution >= 4 is 58.2 Å². The average Bonchev–Trinajstić information content (AvgIpc) is 3.08. The van der Waals surface area contributed by atoms with Crippen LogP contribution in [-0.4, -0.2) is 29.2 Å². The van der Waals surface area contributed by atoms with Crippen molar-refractivity contribution in [1.82, 2.24) is 4.90 Å². The molecule has 3 aromatic rings. The van der Waals surface area contributed by atoms with Gasteiger partial charge in [-0.05, 0) is 40.5 Å². The molecule has 2 bridgehead atoms. The smallest absolute Gasteiger partial charge is 0.244 e. The van der Waals surface area contributed by atoms with Crippen LogP contribution < -0.4 is 5.32 Å². The van der Waals surface area contributed by atoms with E-state index in [-0.39, 0.29) is 0 Å². The summed E-state index contributed by atoms with van der Waals surface area (Å²) in [5.41, 5.74) is 3.35. The molecule has 7 rings (SSSR count). The van der Waals surface area contributed by atoms with Crippen LogP contribution in [-0.2, 0) is 24.1 Å². The second-order valence-corrected chi connectivity index (χ2v) is 10.4. The number of likely N-dealkylation sites (tertiary alicyclic amines) is 1. The normalized spacial score (nSPS) is 28.4. The molecule has 1 fully saturated rings. The van der Waals surface area contributed by atoms with Gasteiger partial charge in [0.15, 0.2) is 0 Å². The molecule has 0 radical (unpaired) electrons. The van der Waals surface area contributed by atoms with E-state index in [0.29, 0.717) is 10.7 Å². The molecule has 1 N–H and O–H groups in total. The summed E-state index contributed by atoms with van der Waals surface area (Å²) in [6.07, 6.45) is 0. The Kier molecular flexibility index (Phi) is 4.66. The fourth-order valence-electron chi connectivity index (χ4n) is 5.79. The van der Waals surface area contributed by atoms with Crippen LogP contribution in [0.5, 0.6) is 0 Å². The molecule has 3 aliphatic carbocycles. The molecule has 3 aromatic carbocycles. The molecule has 34 heavy (non-hydrogen) atoms. The Morgan fingerprint density at radius 2 is 1.26 bits per heavy atom. The van der Waals surface area contributed by atoms with Gasteiger partial charge in [0.25, 0.3) is 0 Å². The maximum atomic E-state index is 13.7. The minimum absolute atomic E-state index is 0.441. The number of imide groups is 1. The van der Waals surface area contributed by atoms with Crippen molar-refractivity contribution in [2.24, 2.45) is 11.8 Å². The van der Waals surface area contributed by atoms with Gasteiger partial charge in [-0.1, -0.05) is 66.2 Å². The number of halogens is 3. The summed E-state index contributed by atoms with van der Waals surface area (Å²) >= 11 is 20.7. The first-order valence-corrected chi connectivity index (χ1v) is 11.9. The van der Waals surface area contributed by atoms with E-state index in [0.717, 1.165) is 27.2 Å². The minimum atomic E-state index is -1.26. The first-order chi connectivity index (χ1) is 16.3. The van der Waals surface area contributed by atoms with Crippen molar-refractivity contribution in [2.45, 2.75) is 9.75 Å². The van der Waals surface area contributed by atoms with Crippen LogP contribution in [0, 0.1) is 11.8 Å². The predicted octanol–water partition coefficient (Wildman–Crippen LogP) is 4.87. The van der Waals surface area contributed by atoms with Gasteiger partial charge in [0.05, 0.1) is 11.8 Å². The van der Waals surface area contributed by atoms with Gasteiger partial charge >= 0.3 is 0 Å². The molecule has 0 saturated carbocycles. The number of hydrogen-bond donors (Lipinski definition) is 1. The van der Waals surface area contributed by atoms with Crippen LogP contribution in [0.4, 0.5) is 5.69 Å². The van der Waals surface area contributed by atoms with Gasteiger partial charge < -0.3 is 5.32 Å². The first-order valence-electron chi connectivity index (χ1n) is 10.8. The third-order valence-electron chi connectivity index (χ3n) is 7.09. The average molecular weight is 512 g/mol. The summed E-state index contributed by atoms with van der Waals surface area (Å²) in [5, 5.41) is 3.14. The summed E-state index contributed by atoms with van der Waals surface area (Å²) in [6.45, 7) is -0.441. The summed E-state index contributed by atoms with van der Waals surface area (Å²) in [4.78, 5) is 38.7. The Hall–Kier alpha value is -2.86. The monoisotopic (exact) mass is 510 g/mol. The highest BCUT2D eigenvalue weighted by Crippen LogP contribution is 2.69. The molecule has 1 saturated heterocycles. The van der Waals surface area contributed by atoms with Gasteiger partial charge in [-0.2, -0.15) is 0 Å². The second kappa shape index (κ2) is 7.32. The van der Waals surface area contributed by atoms with E-state index in [4.69, 9.17) is 34.8 Å². The van der Waals surface area contributed by atoms with Gasteiger partial charge in [0, 0.05) is 10.7 Å². The number of alkyl halides is 2. The number of carbonyl (C=O) groups excluding carboxylic acids is 3. The largest absolute Gasteiger partial charge is 0.324 e. The summed E-state index contributed by atoms with van der Waals surface area (Å²) < 4.78 is 0. The number of nitrogens with one attached hydrogen (secondary N) is 1. The second-order valence-electron chi connectivity index (χ2n) is 8.79. The molecule has 5 nitrogen and oxygen atoms in total. The fourth-order valence-corrected chi connectivity index (χ4v) is 7.08. The highest BCUT2D eigenvalue weighted by Gasteiger charge is 2.73. The Labute approximate surface area is 210 Å². The maximum Gasteiger partial charge on any atom is 0.244 e. The lowest BCUT2D eigenvalue weighted by atomic mass is 9.54. The highest BCUT2D eigenvalue weighted by molar-refractivity contribution is 6.36. The zero-order valence-corrected chi connectivity index (χ0v) is 19.9. The van der Waals surface area contributed by atoms with Crippen LogP contribution in [0.3, 0.4) is 0 Å². The summed E-state index contributed by atoms with van der Waals surface area (Å²) in [6, 6.07) is 21.5. The topological polar surface area (TPSA) is 66.5 Å². The SMILES string of the molecule is O=C(CN1C(=O)[C@@H]2[C@@H](C1=O)C1(Cl)c3ccccc3C2(Cl)c2ccccc21)Nc1cccc(Cl)c1. The van der Waals surface area contributed by atoms with Gasteiger partial charge in [-0.15, -0.1) is 23.2 Å². The molecular formula is C26H17Cl3N2O3. The number of anilines is 1. The van der Waals surface area contributed by atoms with E-state index in [2.05, 4.69) is 5.32 Å². The maximum absolute atomic E-state index is 13.7. The lowest BCUT2D eigenvalue weighted by Gasteiger charge is -2.54. The number of hydrogen-bond acceptors (Lipinski definition) is 3. The molecule has 170 valence electrons. The van der Waals surface area contributed by atoms with Crippen molar-refractivity contribution in [3.05, 3.63) is 100 Å². The standard InChI is InChI=1S/C26H17Cl3N2O3/c27-14-6-5-7-15(12-14)30-20(32)13-31-23(33)21-22(24(31)34)26(29)17-9-2-1-8-16(17)25(21,28)18-10-3-4-11-19(18)26/h1-12,21-22H,13H2,(H,30,32)/t21-,22-,25?,26?/m0/s1. The van der Waals surface area contributed by atoms with Crippen LogP contribution >= 0.6 is 34.8 Å². The van der Waals surface area contributed by atoms with Crippen LogP contribution in [0.15, 0.2) is 72.8 Å². The minimum Gasteiger partial charge on any atom is -0.324 e. The van der Waals surface area contributed by atoms with E-state index in [1.165, 1.54) is 0 Å². The quantitative estimate of drug-likeness (QED) is 0.403. The Morgan fingerprint density at radius 3 is 1.71 bits per heavy atom. The van der Waals surface area contributed by atoms with Crippen LogP contribution in [0.25, 0.3) is 0 Å². The molecule has 4 aliphatic rings. The van der Waals surface area contributed by atoms with E-state index in [9.17, 15) is 14.4 Å². The molecule has 1 heterocycles. The van der Waals surface area contributed by atoms with E-state index < -0.39 is 45.9 Å². The fraction of sp³-hybridized carbons (Fsp3) is 0.192. The number of nitrogens with zero attached hydrogens (tertiary/aromatic N) is 1. The molecule has 3 amide bonds. The number of amides is 3. The van der Waals surface area contributed by atoms with Gasteiger partial charge in [-0.3, -0.25) is 19.3 Å². The molecule has 1 aliphatic heterocycles. The van der Waals surface area contributed by atoms with Gasteiger partial charge in [0.1, 0.15) is 16.3 Å². The summed E-state index contributed by atoms with van der Waals surface area (Å²) in [5.74, 6) is -3.37. The molecular weight excluding hydrogens is 495 g/mol. The van der Waals surface area contributed by atoms with Crippen LogP contribution in [0.1, 0.15) is 22.3 Å². The highest BCUT2D eigenvalue weighted by atomic mass is 35.5. The van der Waals surface area contributed by atoms with E-state index in [1.54, 1.807) is 24.3 Å². The lowest BCUT2D eigenvalue weighted by Crippen LogP contribution is -2.57. The number of carbonyl (C=O) groups is 3. The van der Waals surface area contributed by atoms with Gasteiger partial charge in [-0.25, -0.2) is 0 Å². The van der Waals surface area contributed by atoms with E-state index >= 15 is 0 Å². The Morgan fingerprint density at radius 1 is 0.794 bits per heavy atom. The van der Waals surface area contributed by atoms with Gasteiger partial charge in [0.2, 0.25) is 17.7 Å². The molecule has 2 atom stereocenters.